The highest BCUT2D eigenvalue weighted by molar-refractivity contribution is 5.93. The molecule has 0 saturated carbocycles. The Kier molecular flexibility index (Phi) is 4.21. The third-order valence-electron chi connectivity index (χ3n) is 5.30. The molecule has 5 rings (SSSR count). The molecule has 1 unspecified atom stereocenters. The van der Waals surface area contributed by atoms with Crippen molar-refractivity contribution in [3.05, 3.63) is 55.0 Å². The minimum Gasteiger partial charge on any atom is -0.355 e. The van der Waals surface area contributed by atoms with Gasteiger partial charge in [0.2, 0.25) is 0 Å². The Balaban J connectivity index is 1.54. The molecule has 1 atom stereocenters. The zero-order valence-electron chi connectivity index (χ0n) is 15.6. The number of rotatable bonds is 4. The van der Waals surface area contributed by atoms with E-state index in [1.165, 1.54) is 0 Å². The summed E-state index contributed by atoms with van der Waals surface area (Å²) in [5, 5.41) is 12.0. The molecular formula is C21H21N7. The van der Waals surface area contributed by atoms with E-state index in [9.17, 15) is 0 Å². The monoisotopic (exact) mass is 371 g/mol. The Morgan fingerprint density at radius 1 is 1.14 bits per heavy atom. The molecule has 0 spiro atoms. The maximum absolute atomic E-state index is 4.90. The van der Waals surface area contributed by atoms with Gasteiger partial charge in [0.05, 0.1) is 23.1 Å². The van der Waals surface area contributed by atoms with Gasteiger partial charge in [-0.2, -0.15) is 5.10 Å². The van der Waals surface area contributed by atoms with Crippen molar-refractivity contribution in [3.8, 4) is 22.6 Å². The Morgan fingerprint density at radius 3 is 2.93 bits per heavy atom. The largest absolute Gasteiger partial charge is 0.355 e. The quantitative estimate of drug-likeness (QED) is 0.574. The van der Waals surface area contributed by atoms with Crippen LogP contribution in [0.4, 0.5) is 5.82 Å². The summed E-state index contributed by atoms with van der Waals surface area (Å²) in [6.45, 7) is 1.99. The van der Waals surface area contributed by atoms with Crippen LogP contribution in [0.5, 0.6) is 0 Å². The van der Waals surface area contributed by atoms with E-state index >= 15 is 0 Å². The summed E-state index contributed by atoms with van der Waals surface area (Å²) in [5.74, 6) is 0.993. The van der Waals surface area contributed by atoms with E-state index in [4.69, 9.17) is 4.98 Å². The Labute approximate surface area is 162 Å². The first-order chi connectivity index (χ1) is 13.8. The molecule has 0 amide bonds. The lowest BCUT2D eigenvalue weighted by molar-refractivity contribution is 0.616. The molecule has 5 heterocycles. The van der Waals surface area contributed by atoms with Gasteiger partial charge in [-0.15, -0.1) is 0 Å². The molecule has 1 aliphatic rings. The molecule has 0 aliphatic carbocycles. The van der Waals surface area contributed by atoms with Crippen molar-refractivity contribution in [3.63, 3.8) is 0 Å². The van der Waals surface area contributed by atoms with Gasteiger partial charge in [-0.1, -0.05) is 6.07 Å². The van der Waals surface area contributed by atoms with E-state index in [-0.39, 0.29) is 0 Å². The van der Waals surface area contributed by atoms with Crippen LogP contribution in [0.15, 0.2) is 55.0 Å². The second-order valence-electron chi connectivity index (χ2n) is 7.03. The van der Waals surface area contributed by atoms with Crippen molar-refractivity contribution in [2.75, 3.05) is 25.0 Å². The fourth-order valence-electron chi connectivity index (χ4n) is 3.72. The molecule has 1 saturated heterocycles. The molecule has 1 fully saturated rings. The number of nitrogens with one attached hydrogen (secondary N) is 2. The highest BCUT2D eigenvalue weighted by Gasteiger charge is 2.22. The zero-order valence-corrected chi connectivity index (χ0v) is 15.6. The Morgan fingerprint density at radius 2 is 2.11 bits per heavy atom. The predicted octanol–water partition coefficient (Wildman–Crippen LogP) is 2.88. The number of likely N-dealkylation sites (N-methyl/N-ethyl adjacent to an activating group) is 1. The van der Waals surface area contributed by atoms with Crippen LogP contribution in [0.1, 0.15) is 6.42 Å². The average molecular weight is 371 g/mol. The standard InChI is InChI=1S/C21H21N7/c1-22-15-7-9-28(13-15)20-6-2-5-17(25-20)21-16-10-18(14-4-3-8-23-11-14)24-12-19(16)26-27-21/h2-6,8,10-12,15,22H,7,9,13H2,1H3,(H,26,27). The number of anilines is 1. The van der Waals surface area contributed by atoms with Crippen LogP contribution < -0.4 is 10.2 Å². The third-order valence-corrected chi connectivity index (χ3v) is 5.30. The molecule has 4 aromatic heterocycles. The number of fused-ring (bicyclic) bond motifs is 1. The summed E-state index contributed by atoms with van der Waals surface area (Å²) in [6, 6.07) is 12.6. The zero-order chi connectivity index (χ0) is 18.9. The van der Waals surface area contributed by atoms with Crippen molar-refractivity contribution in [1.29, 1.82) is 0 Å². The van der Waals surface area contributed by atoms with E-state index in [0.717, 1.165) is 58.9 Å². The van der Waals surface area contributed by atoms with Gasteiger partial charge in [0.15, 0.2) is 0 Å². The summed E-state index contributed by atoms with van der Waals surface area (Å²) in [6.07, 6.45) is 6.53. The number of pyridine rings is 3. The molecule has 4 aromatic rings. The highest BCUT2D eigenvalue weighted by Crippen LogP contribution is 2.29. The molecule has 0 bridgehead atoms. The Hall–Kier alpha value is -3.32. The number of aromatic amines is 1. The van der Waals surface area contributed by atoms with Crippen LogP contribution in [0.2, 0.25) is 0 Å². The van der Waals surface area contributed by atoms with Gasteiger partial charge in [0.25, 0.3) is 0 Å². The SMILES string of the molecule is CNC1CCN(c2cccc(-c3n[nH]c4cnc(-c5cccnc5)cc34)n2)C1. The van der Waals surface area contributed by atoms with Gasteiger partial charge in [-0.25, -0.2) is 4.98 Å². The molecule has 0 aromatic carbocycles. The number of aromatic nitrogens is 5. The van der Waals surface area contributed by atoms with E-state index in [0.29, 0.717) is 6.04 Å². The minimum atomic E-state index is 0.518. The molecule has 7 heteroatoms. The molecular weight excluding hydrogens is 350 g/mol. The van der Waals surface area contributed by atoms with Crippen molar-refractivity contribution in [2.45, 2.75) is 12.5 Å². The lowest BCUT2D eigenvalue weighted by Gasteiger charge is -2.17. The maximum Gasteiger partial charge on any atom is 0.129 e. The van der Waals surface area contributed by atoms with E-state index in [1.807, 2.05) is 49.8 Å². The van der Waals surface area contributed by atoms with E-state index in [2.05, 4.69) is 36.4 Å². The first-order valence-corrected chi connectivity index (χ1v) is 9.46. The highest BCUT2D eigenvalue weighted by atomic mass is 15.2. The normalized spacial score (nSPS) is 16.8. The maximum atomic E-state index is 4.90. The van der Waals surface area contributed by atoms with Crippen molar-refractivity contribution in [2.24, 2.45) is 0 Å². The second-order valence-corrected chi connectivity index (χ2v) is 7.03. The summed E-state index contributed by atoms with van der Waals surface area (Å²) in [5.41, 5.74) is 4.45. The number of nitrogens with zero attached hydrogens (tertiary/aromatic N) is 5. The minimum absolute atomic E-state index is 0.518. The van der Waals surface area contributed by atoms with Crippen LogP contribution in [0.25, 0.3) is 33.5 Å². The van der Waals surface area contributed by atoms with Crippen molar-refractivity contribution in [1.82, 2.24) is 30.5 Å². The number of hydrogen-bond donors (Lipinski definition) is 2. The topological polar surface area (TPSA) is 82.6 Å². The number of hydrogen-bond acceptors (Lipinski definition) is 6. The molecule has 28 heavy (non-hydrogen) atoms. The fourth-order valence-corrected chi connectivity index (χ4v) is 3.72. The molecule has 1 aliphatic heterocycles. The first kappa shape index (κ1) is 16.8. The molecule has 140 valence electrons. The van der Waals surface area contributed by atoms with Gasteiger partial charge < -0.3 is 10.2 Å². The third kappa shape index (κ3) is 2.99. The van der Waals surface area contributed by atoms with E-state index in [1.54, 1.807) is 6.20 Å². The van der Waals surface area contributed by atoms with Crippen molar-refractivity contribution >= 4 is 16.7 Å². The average Bonchev–Trinajstić information content (AvgIpc) is 3.41. The summed E-state index contributed by atoms with van der Waals surface area (Å²) in [7, 11) is 2.02. The van der Waals surface area contributed by atoms with Crippen LogP contribution in [0.3, 0.4) is 0 Å². The molecule has 2 N–H and O–H groups in total. The Bertz CT molecular complexity index is 1110. The van der Waals surface area contributed by atoms with Gasteiger partial charge >= 0.3 is 0 Å². The van der Waals surface area contributed by atoms with Gasteiger partial charge in [-0.3, -0.25) is 15.1 Å². The summed E-state index contributed by atoms with van der Waals surface area (Å²) >= 11 is 0. The summed E-state index contributed by atoms with van der Waals surface area (Å²) < 4.78 is 0. The van der Waals surface area contributed by atoms with E-state index < -0.39 is 0 Å². The number of H-pyrrole nitrogens is 1. The summed E-state index contributed by atoms with van der Waals surface area (Å²) in [4.78, 5) is 16.0. The first-order valence-electron chi connectivity index (χ1n) is 9.46. The van der Waals surface area contributed by atoms with Crippen LogP contribution in [0, 0.1) is 0 Å². The lowest BCUT2D eigenvalue weighted by Crippen LogP contribution is -2.29. The van der Waals surface area contributed by atoms with Gasteiger partial charge in [0.1, 0.15) is 11.5 Å². The van der Waals surface area contributed by atoms with Gasteiger partial charge in [-0.05, 0) is 43.8 Å². The smallest absolute Gasteiger partial charge is 0.129 e. The van der Waals surface area contributed by atoms with Crippen LogP contribution >= 0.6 is 0 Å². The fraction of sp³-hybridized carbons (Fsp3) is 0.238. The molecule has 7 nitrogen and oxygen atoms in total. The predicted molar refractivity (Wildman–Crippen MR) is 110 cm³/mol. The van der Waals surface area contributed by atoms with Gasteiger partial charge in [0, 0.05) is 42.5 Å². The second kappa shape index (κ2) is 7.01. The lowest BCUT2D eigenvalue weighted by atomic mass is 10.1. The van der Waals surface area contributed by atoms with Crippen LogP contribution in [-0.2, 0) is 0 Å². The van der Waals surface area contributed by atoms with Crippen LogP contribution in [-0.4, -0.2) is 51.3 Å². The molecule has 0 radical (unpaired) electrons. The van der Waals surface area contributed by atoms with Crippen molar-refractivity contribution < 1.29 is 0 Å².